The lowest BCUT2D eigenvalue weighted by Crippen LogP contribution is -2.31. The zero-order chi connectivity index (χ0) is 14.8. The number of hydrogen-bond acceptors (Lipinski definition) is 2. The van der Waals surface area contributed by atoms with E-state index in [1.165, 1.54) is 11.1 Å². The van der Waals surface area contributed by atoms with Crippen molar-refractivity contribution in [1.82, 2.24) is 5.43 Å². The number of rotatable bonds is 3. The lowest BCUT2D eigenvalue weighted by atomic mass is 9.81. The van der Waals surface area contributed by atoms with Crippen LogP contribution in [-0.2, 0) is 5.41 Å². The summed E-state index contributed by atoms with van der Waals surface area (Å²) in [6.07, 6.45) is 0. The molecule has 0 radical (unpaired) electrons. The van der Waals surface area contributed by atoms with E-state index in [2.05, 4.69) is 44.4 Å². The van der Waals surface area contributed by atoms with Crippen molar-refractivity contribution >= 4 is 11.6 Å². The Bertz CT molecular complexity index is 588. The topological polar surface area (TPSA) is 38.0 Å². The van der Waals surface area contributed by atoms with Crippen molar-refractivity contribution in [2.45, 2.75) is 32.2 Å². The Balaban J connectivity index is 2.53. The Hall–Kier alpha value is -1.35. The molecule has 2 rings (SSSR count). The van der Waals surface area contributed by atoms with Crippen molar-refractivity contribution in [3.63, 3.8) is 0 Å². The van der Waals surface area contributed by atoms with Gasteiger partial charge in [-0.15, -0.1) is 0 Å². The van der Waals surface area contributed by atoms with E-state index < -0.39 is 0 Å². The van der Waals surface area contributed by atoms with E-state index in [0.29, 0.717) is 0 Å². The second kappa shape index (κ2) is 5.96. The summed E-state index contributed by atoms with van der Waals surface area (Å²) in [5, 5.41) is 0.719. The van der Waals surface area contributed by atoms with Gasteiger partial charge in [0.25, 0.3) is 0 Å². The highest BCUT2D eigenvalue weighted by atomic mass is 35.5. The van der Waals surface area contributed by atoms with Gasteiger partial charge in [-0.1, -0.05) is 68.8 Å². The number of benzene rings is 2. The molecule has 0 saturated carbocycles. The lowest BCUT2D eigenvalue weighted by Gasteiger charge is -2.27. The van der Waals surface area contributed by atoms with Crippen LogP contribution in [0.2, 0.25) is 5.02 Å². The van der Waals surface area contributed by atoms with Gasteiger partial charge in [0, 0.05) is 5.02 Å². The van der Waals surface area contributed by atoms with E-state index in [-0.39, 0.29) is 11.5 Å². The van der Waals surface area contributed by atoms with Gasteiger partial charge in [0.2, 0.25) is 0 Å². The molecule has 0 spiro atoms. The molecule has 3 N–H and O–H groups in total. The molecule has 3 heteroatoms. The fourth-order valence-electron chi connectivity index (χ4n) is 2.48. The van der Waals surface area contributed by atoms with Crippen LogP contribution in [0, 0.1) is 0 Å². The van der Waals surface area contributed by atoms with E-state index in [1.807, 2.05) is 30.3 Å². The van der Waals surface area contributed by atoms with Crippen molar-refractivity contribution in [1.29, 1.82) is 0 Å². The molecule has 0 aliphatic carbocycles. The van der Waals surface area contributed by atoms with Gasteiger partial charge in [-0.2, -0.15) is 0 Å². The number of nitrogens with two attached hydrogens (primary N) is 1. The molecular formula is C17H21ClN2. The summed E-state index contributed by atoms with van der Waals surface area (Å²) < 4.78 is 0. The minimum atomic E-state index is -0.0656. The highest BCUT2D eigenvalue weighted by Gasteiger charge is 2.23. The lowest BCUT2D eigenvalue weighted by molar-refractivity contribution is 0.558. The first-order valence-electron chi connectivity index (χ1n) is 6.74. The number of hydrazine groups is 1. The first kappa shape index (κ1) is 15.0. The highest BCUT2D eigenvalue weighted by Crippen LogP contribution is 2.32. The van der Waals surface area contributed by atoms with Gasteiger partial charge in [0.05, 0.1) is 6.04 Å². The Morgan fingerprint density at radius 1 is 1.05 bits per heavy atom. The summed E-state index contributed by atoms with van der Waals surface area (Å²) in [5.74, 6) is 5.81. The van der Waals surface area contributed by atoms with E-state index in [1.54, 1.807) is 0 Å². The molecule has 1 unspecified atom stereocenters. The second-order valence-corrected chi connectivity index (χ2v) is 6.43. The van der Waals surface area contributed by atoms with Crippen LogP contribution in [0.25, 0.3) is 0 Å². The van der Waals surface area contributed by atoms with Gasteiger partial charge < -0.3 is 0 Å². The van der Waals surface area contributed by atoms with E-state index in [4.69, 9.17) is 17.4 Å². The maximum atomic E-state index is 6.09. The van der Waals surface area contributed by atoms with Gasteiger partial charge in [0.1, 0.15) is 0 Å². The van der Waals surface area contributed by atoms with Crippen LogP contribution in [-0.4, -0.2) is 0 Å². The third-order valence-electron chi connectivity index (χ3n) is 3.43. The van der Waals surface area contributed by atoms with Crippen LogP contribution in [0.15, 0.2) is 48.5 Å². The summed E-state index contributed by atoms with van der Waals surface area (Å²) in [5.41, 5.74) is 6.51. The predicted molar refractivity (Wildman–Crippen MR) is 85.8 cm³/mol. The van der Waals surface area contributed by atoms with Crippen LogP contribution >= 0.6 is 11.6 Å². The first-order chi connectivity index (χ1) is 9.43. The maximum Gasteiger partial charge on any atom is 0.0713 e. The molecule has 0 bridgehead atoms. The Morgan fingerprint density at radius 3 is 2.35 bits per heavy atom. The van der Waals surface area contributed by atoms with Gasteiger partial charge in [-0.05, 0) is 34.2 Å². The highest BCUT2D eigenvalue weighted by molar-refractivity contribution is 6.30. The molecule has 0 aliphatic rings. The third kappa shape index (κ3) is 3.21. The largest absolute Gasteiger partial charge is 0.271 e. The fourth-order valence-corrected chi connectivity index (χ4v) is 2.68. The Morgan fingerprint density at radius 2 is 1.75 bits per heavy atom. The van der Waals surface area contributed by atoms with E-state index >= 15 is 0 Å². The Kier molecular flexibility index (Phi) is 4.48. The smallest absolute Gasteiger partial charge is 0.0713 e. The van der Waals surface area contributed by atoms with Crippen molar-refractivity contribution in [3.05, 3.63) is 70.2 Å². The monoisotopic (exact) mass is 288 g/mol. The zero-order valence-electron chi connectivity index (χ0n) is 12.2. The van der Waals surface area contributed by atoms with Crippen LogP contribution in [0.5, 0.6) is 0 Å². The average Bonchev–Trinajstić information content (AvgIpc) is 2.39. The summed E-state index contributed by atoms with van der Waals surface area (Å²) in [4.78, 5) is 0. The van der Waals surface area contributed by atoms with Crippen molar-refractivity contribution < 1.29 is 0 Å². The number of hydrogen-bond donors (Lipinski definition) is 2. The molecule has 0 heterocycles. The normalized spacial score (nSPS) is 13.2. The first-order valence-corrected chi connectivity index (χ1v) is 7.12. The third-order valence-corrected chi connectivity index (χ3v) is 3.66. The molecule has 0 aliphatic heterocycles. The minimum Gasteiger partial charge on any atom is -0.271 e. The van der Waals surface area contributed by atoms with Crippen LogP contribution in [0.1, 0.15) is 43.5 Å². The maximum absolute atomic E-state index is 6.09. The fraction of sp³-hybridized carbons (Fsp3) is 0.294. The molecule has 0 aromatic heterocycles. The van der Waals surface area contributed by atoms with Crippen molar-refractivity contribution in [2.75, 3.05) is 0 Å². The molecule has 106 valence electrons. The average molecular weight is 289 g/mol. The predicted octanol–water partition coefficient (Wildman–Crippen LogP) is 4.19. The standard InChI is InChI=1S/C17H21ClN2/c1-17(2,3)15-10-5-4-9-14(15)16(20-19)12-7-6-8-13(18)11-12/h4-11,16,20H,19H2,1-3H3. The molecule has 20 heavy (non-hydrogen) atoms. The van der Waals surface area contributed by atoms with Crippen molar-refractivity contribution in [3.8, 4) is 0 Å². The molecular weight excluding hydrogens is 268 g/mol. The second-order valence-electron chi connectivity index (χ2n) is 5.99. The Labute approximate surface area is 125 Å². The summed E-state index contributed by atoms with van der Waals surface area (Å²) >= 11 is 6.09. The van der Waals surface area contributed by atoms with Crippen LogP contribution < -0.4 is 11.3 Å². The number of nitrogens with one attached hydrogen (secondary N) is 1. The van der Waals surface area contributed by atoms with Gasteiger partial charge in [0.15, 0.2) is 0 Å². The zero-order valence-corrected chi connectivity index (χ0v) is 12.9. The summed E-state index contributed by atoms with van der Waals surface area (Å²) in [6.45, 7) is 6.62. The molecule has 1 atom stereocenters. The minimum absolute atomic E-state index is 0.0598. The summed E-state index contributed by atoms with van der Waals surface area (Å²) in [7, 11) is 0. The van der Waals surface area contributed by atoms with Crippen molar-refractivity contribution in [2.24, 2.45) is 5.84 Å². The van der Waals surface area contributed by atoms with E-state index in [0.717, 1.165) is 10.6 Å². The van der Waals surface area contributed by atoms with Gasteiger partial charge in [-0.3, -0.25) is 5.84 Å². The number of halogens is 1. The SMILES string of the molecule is CC(C)(C)c1ccccc1C(NN)c1cccc(Cl)c1. The molecule has 0 fully saturated rings. The molecule has 0 saturated heterocycles. The van der Waals surface area contributed by atoms with E-state index in [9.17, 15) is 0 Å². The van der Waals surface area contributed by atoms with Gasteiger partial charge >= 0.3 is 0 Å². The molecule has 0 amide bonds. The molecule has 2 aromatic carbocycles. The van der Waals surface area contributed by atoms with Gasteiger partial charge in [-0.25, -0.2) is 5.43 Å². The quantitative estimate of drug-likeness (QED) is 0.656. The summed E-state index contributed by atoms with van der Waals surface area (Å²) in [6, 6.07) is 16.1. The van der Waals surface area contributed by atoms with Crippen LogP contribution in [0.3, 0.4) is 0 Å². The molecule has 2 nitrogen and oxygen atoms in total. The molecule has 2 aromatic rings. The van der Waals surface area contributed by atoms with Crippen LogP contribution in [0.4, 0.5) is 0 Å².